The molecule has 3 rings (SSSR count). The van der Waals surface area contributed by atoms with Gasteiger partial charge in [0.1, 0.15) is 0 Å². The van der Waals surface area contributed by atoms with E-state index >= 15 is 0 Å². The molecule has 1 fully saturated rings. The van der Waals surface area contributed by atoms with Crippen LogP contribution in [0.2, 0.25) is 0 Å². The molecule has 0 heteroatoms. The highest BCUT2D eigenvalue weighted by molar-refractivity contribution is 5.85. The van der Waals surface area contributed by atoms with Crippen molar-refractivity contribution < 1.29 is 0 Å². The van der Waals surface area contributed by atoms with Gasteiger partial charge in [-0.3, -0.25) is 0 Å². The van der Waals surface area contributed by atoms with Gasteiger partial charge in [-0.05, 0) is 41.2 Å². The van der Waals surface area contributed by atoms with Crippen LogP contribution < -0.4 is 0 Å². The van der Waals surface area contributed by atoms with Crippen LogP contribution in [0.15, 0.2) is 36.4 Å². The summed E-state index contributed by atoms with van der Waals surface area (Å²) in [5, 5.41) is 2.67. The molecule has 2 aromatic carbocycles. The fourth-order valence-corrected chi connectivity index (χ4v) is 2.76. The molecule has 0 bridgehead atoms. The van der Waals surface area contributed by atoms with E-state index in [2.05, 4.69) is 42.5 Å². The van der Waals surface area contributed by atoms with Crippen LogP contribution in [0.1, 0.15) is 37.2 Å². The fourth-order valence-electron chi connectivity index (χ4n) is 2.76. The Bertz CT molecular complexity index is 459. The van der Waals surface area contributed by atoms with Crippen molar-refractivity contribution in [3.05, 3.63) is 48.0 Å². The summed E-state index contributed by atoms with van der Waals surface area (Å²) in [7, 11) is 0. The summed E-state index contributed by atoms with van der Waals surface area (Å²) in [6, 6.07) is 16.3. The molecule has 0 spiro atoms. The first kappa shape index (κ1) is 8.96. The predicted octanol–water partition coefficient (Wildman–Crippen LogP) is 4.30. The van der Waals surface area contributed by atoms with Crippen LogP contribution >= 0.6 is 0 Å². The fraction of sp³-hybridized carbons (Fsp3) is 0.333. The van der Waals surface area contributed by atoms with E-state index in [0.717, 1.165) is 5.92 Å². The van der Waals surface area contributed by atoms with Crippen LogP contribution in [0.4, 0.5) is 0 Å². The number of hydrogen-bond acceptors (Lipinski definition) is 0. The molecule has 0 unspecified atom stereocenters. The molecule has 0 aliphatic heterocycles. The minimum Gasteiger partial charge on any atom is -0.0616 e. The lowest BCUT2D eigenvalue weighted by molar-refractivity contribution is 0.729. The van der Waals surface area contributed by atoms with Gasteiger partial charge in [0.2, 0.25) is 0 Å². The van der Waals surface area contributed by atoms with Crippen molar-refractivity contribution in [3.63, 3.8) is 0 Å². The summed E-state index contributed by atoms with van der Waals surface area (Å²) in [6.45, 7) is 0. The highest BCUT2D eigenvalue weighted by atomic mass is 14.2. The smallest absolute Gasteiger partial charge is 0.00990 e. The van der Waals surface area contributed by atoms with Crippen molar-refractivity contribution in [2.24, 2.45) is 0 Å². The average molecular weight is 195 g/mol. The Morgan fingerprint density at radius 3 is 2.67 bits per heavy atom. The molecule has 15 heavy (non-hydrogen) atoms. The standard InChI is InChI=1S/C15H15/c1-2-7-12(6-1)15-11-5-9-13-8-3-4-10-14(13)15/h3-5,8,10-12H,1-2,6-7H2. The number of fused-ring (bicyclic) bond motifs is 1. The second kappa shape index (κ2) is 3.69. The van der Waals surface area contributed by atoms with E-state index in [0.29, 0.717) is 0 Å². The molecule has 1 radical (unpaired) electrons. The van der Waals surface area contributed by atoms with Gasteiger partial charge >= 0.3 is 0 Å². The summed E-state index contributed by atoms with van der Waals surface area (Å²) >= 11 is 0. The lowest BCUT2D eigenvalue weighted by atomic mass is 9.92. The first-order valence-electron chi connectivity index (χ1n) is 5.84. The maximum atomic E-state index is 3.31. The summed E-state index contributed by atoms with van der Waals surface area (Å²) in [5.74, 6) is 0.796. The van der Waals surface area contributed by atoms with Gasteiger partial charge in [0.15, 0.2) is 0 Å². The van der Waals surface area contributed by atoms with Crippen molar-refractivity contribution in [1.82, 2.24) is 0 Å². The van der Waals surface area contributed by atoms with Crippen LogP contribution in [0.3, 0.4) is 0 Å². The molecule has 0 atom stereocenters. The van der Waals surface area contributed by atoms with E-state index in [1.54, 1.807) is 5.56 Å². The molecule has 1 aliphatic carbocycles. The van der Waals surface area contributed by atoms with Crippen molar-refractivity contribution in [2.45, 2.75) is 31.6 Å². The lowest BCUT2D eigenvalue weighted by Gasteiger charge is -2.12. The Labute approximate surface area is 90.9 Å². The van der Waals surface area contributed by atoms with Gasteiger partial charge in [0, 0.05) is 0 Å². The Morgan fingerprint density at radius 2 is 1.80 bits per heavy atom. The van der Waals surface area contributed by atoms with Crippen molar-refractivity contribution >= 4 is 10.8 Å². The van der Waals surface area contributed by atoms with E-state index in [-0.39, 0.29) is 0 Å². The zero-order valence-electron chi connectivity index (χ0n) is 8.87. The summed E-state index contributed by atoms with van der Waals surface area (Å²) < 4.78 is 0. The molecule has 0 heterocycles. The molecule has 0 aromatic heterocycles. The molecule has 1 aliphatic rings. The van der Waals surface area contributed by atoms with Crippen molar-refractivity contribution in [3.8, 4) is 0 Å². The van der Waals surface area contributed by atoms with Crippen molar-refractivity contribution in [2.75, 3.05) is 0 Å². The molecule has 1 saturated carbocycles. The number of hydrogen-bond donors (Lipinski definition) is 0. The minimum absolute atomic E-state index is 0.796. The van der Waals surface area contributed by atoms with E-state index in [4.69, 9.17) is 0 Å². The Hall–Kier alpha value is -1.30. The monoisotopic (exact) mass is 195 g/mol. The van der Waals surface area contributed by atoms with E-state index in [1.807, 2.05) is 0 Å². The highest BCUT2D eigenvalue weighted by Crippen LogP contribution is 2.37. The second-order valence-corrected chi connectivity index (χ2v) is 4.46. The predicted molar refractivity (Wildman–Crippen MR) is 64.0 cm³/mol. The number of benzene rings is 2. The van der Waals surface area contributed by atoms with Crippen LogP contribution in [0.25, 0.3) is 10.8 Å². The summed E-state index contributed by atoms with van der Waals surface area (Å²) in [5.41, 5.74) is 1.54. The van der Waals surface area contributed by atoms with E-state index in [9.17, 15) is 0 Å². The van der Waals surface area contributed by atoms with Crippen LogP contribution in [-0.4, -0.2) is 0 Å². The third-order valence-electron chi connectivity index (χ3n) is 3.53. The molecular formula is C15H15. The van der Waals surface area contributed by atoms with Crippen LogP contribution in [0, 0.1) is 6.07 Å². The maximum absolute atomic E-state index is 3.31. The topological polar surface area (TPSA) is 0 Å². The number of rotatable bonds is 1. The second-order valence-electron chi connectivity index (χ2n) is 4.46. The zero-order chi connectivity index (χ0) is 10.1. The van der Waals surface area contributed by atoms with Gasteiger partial charge in [-0.1, -0.05) is 49.2 Å². The normalized spacial score (nSPS) is 17.3. The molecule has 0 amide bonds. The van der Waals surface area contributed by atoms with Gasteiger partial charge in [-0.25, -0.2) is 0 Å². The average Bonchev–Trinajstić information content (AvgIpc) is 2.82. The van der Waals surface area contributed by atoms with Gasteiger partial charge in [0.25, 0.3) is 0 Å². The molecular weight excluding hydrogens is 180 g/mol. The van der Waals surface area contributed by atoms with E-state index < -0.39 is 0 Å². The molecule has 2 aromatic rings. The molecule has 0 N–H and O–H groups in total. The largest absolute Gasteiger partial charge is 0.0616 e. The SMILES string of the molecule is [c]1ccc(C2CCCC2)c2ccccc12. The Kier molecular flexibility index (Phi) is 2.21. The third-order valence-corrected chi connectivity index (χ3v) is 3.53. The van der Waals surface area contributed by atoms with Gasteiger partial charge in [-0.15, -0.1) is 0 Å². The molecule has 0 saturated heterocycles. The minimum atomic E-state index is 0.796. The van der Waals surface area contributed by atoms with Crippen molar-refractivity contribution in [1.29, 1.82) is 0 Å². The Balaban J connectivity index is 2.16. The molecule has 0 nitrogen and oxygen atoms in total. The van der Waals surface area contributed by atoms with Crippen LogP contribution in [-0.2, 0) is 0 Å². The zero-order valence-corrected chi connectivity index (χ0v) is 8.87. The summed E-state index contributed by atoms with van der Waals surface area (Å²) in [4.78, 5) is 0. The van der Waals surface area contributed by atoms with Crippen LogP contribution in [0.5, 0.6) is 0 Å². The quantitative estimate of drug-likeness (QED) is 0.636. The van der Waals surface area contributed by atoms with Gasteiger partial charge in [-0.2, -0.15) is 0 Å². The van der Waals surface area contributed by atoms with Gasteiger partial charge in [0.05, 0.1) is 0 Å². The Morgan fingerprint density at radius 1 is 1.00 bits per heavy atom. The van der Waals surface area contributed by atoms with E-state index in [1.165, 1.54) is 36.5 Å². The first-order valence-corrected chi connectivity index (χ1v) is 5.84. The molecule has 75 valence electrons. The lowest BCUT2D eigenvalue weighted by Crippen LogP contribution is -1.93. The summed E-state index contributed by atoms with van der Waals surface area (Å²) in [6.07, 6.45) is 5.54. The first-order chi connectivity index (χ1) is 7.45. The highest BCUT2D eigenvalue weighted by Gasteiger charge is 2.18. The van der Waals surface area contributed by atoms with Gasteiger partial charge < -0.3 is 0 Å². The maximum Gasteiger partial charge on any atom is -0.00990 e. The third kappa shape index (κ3) is 1.54.